The molecule has 14 heteroatoms. The van der Waals surface area contributed by atoms with Crippen molar-refractivity contribution in [1.29, 1.82) is 0 Å². The lowest BCUT2D eigenvalue weighted by molar-refractivity contribution is 0.959. The Labute approximate surface area is 557 Å². The van der Waals surface area contributed by atoms with Gasteiger partial charge in [0.2, 0.25) is 11.6 Å². The van der Waals surface area contributed by atoms with E-state index in [1.807, 2.05) is 223 Å². The predicted molar refractivity (Wildman–Crippen MR) is 389 cm³/mol. The number of para-hydroxylation sites is 5. The zero-order chi connectivity index (χ0) is 65.7. The Morgan fingerprint density at radius 2 is 0.698 bits per heavy atom. The maximum Gasteiger partial charge on any atom is 0.234 e. The Hall–Kier alpha value is -12.7. The number of hydrogen-bond donors (Lipinski definition) is 0. The molecule has 0 amide bonds. The van der Waals surface area contributed by atoms with Gasteiger partial charge < -0.3 is 8.97 Å². The molecular formula is C82H70N14. The van der Waals surface area contributed by atoms with Gasteiger partial charge >= 0.3 is 0 Å². The molecule has 0 aliphatic rings. The molecule has 10 heterocycles. The van der Waals surface area contributed by atoms with Crippen LogP contribution in [0, 0.1) is 34.6 Å². The Morgan fingerprint density at radius 1 is 0.292 bits per heavy atom. The summed E-state index contributed by atoms with van der Waals surface area (Å²) in [6, 6.07) is 94.0. The summed E-state index contributed by atoms with van der Waals surface area (Å²) in [5.41, 5.74) is 22.1. The van der Waals surface area contributed by atoms with Gasteiger partial charge in [-0.3, -0.25) is 17.8 Å². The third-order valence-corrected chi connectivity index (χ3v) is 16.4. The van der Waals surface area contributed by atoms with Crippen LogP contribution in [-0.4, -0.2) is 66.6 Å². The first kappa shape index (κ1) is 62.1. The van der Waals surface area contributed by atoms with Crippen molar-refractivity contribution in [3.8, 4) is 62.1 Å². The minimum absolute atomic E-state index is 0.749. The highest BCUT2D eigenvalue weighted by molar-refractivity contribution is 5.81. The zero-order valence-corrected chi connectivity index (χ0v) is 54.3. The molecule has 0 atom stereocenters. The summed E-state index contributed by atoms with van der Waals surface area (Å²) in [6.45, 7) is 10.3. The summed E-state index contributed by atoms with van der Waals surface area (Å²) in [5.74, 6) is 3.53. The van der Waals surface area contributed by atoms with Crippen molar-refractivity contribution in [3.63, 3.8) is 0 Å². The monoisotopic (exact) mass is 1250 g/mol. The molecule has 18 aromatic rings. The fourth-order valence-corrected chi connectivity index (χ4v) is 11.9. The van der Waals surface area contributed by atoms with Crippen LogP contribution in [0.2, 0.25) is 0 Å². The lowest BCUT2D eigenvalue weighted by Crippen LogP contribution is -1.95. The first-order valence-electron chi connectivity index (χ1n) is 31.8. The third kappa shape index (κ3) is 13.5. The smallest absolute Gasteiger partial charge is 0.234 e. The Bertz CT molecular complexity index is 4970. The molecule has 0 unspecified atom stereocenters. The van der Waals surface area contributed by atoms with Gasteiger partial charge in [0.15, 0.2) is 0 Å². The maximum atomic E-state index is 4.65. The molecule has 0 radical (unpaired) electrons. The molecule has 0 bridgehead atoms. The van der Waals surface area contributed by atoms with Crippen molar-refractivity contribution in [2.24, 2.45) is 7.05 Å². The van der Waals surface area contributed by atoms with Crippen LogP contribution in [0.1, 0.15) is 28.6 Å². The SMILES string of the molecule is Cc1c(-c2ccccc2)nc2ccccn12.Cc1c(-c2ccccc2)nc2ncccn12.Cc1nc2ccccc2n1-c1ccccc1.Cc1nc2ccccn2c1-c1ccccc1.Cc1nc2ncccn2c1-c1ccccc1.Cn1c(-c2ccccc2)nc2ccccc21. The minimum atomic E-state index is 0.749. The molecule has 18 rings (SSSR count). The van der Waals surface area contributed by atoms with Crippen molar-refractivity contribution in [3.05, 3.63) is 345 Å². The van der Waals surface area contributed by atoms with Gasteiger partial charge in [0.1, 0.15) is 22.9 Å². The predicted octanol–water partition coefficient (Wildman–Crippen LogP) is 18.6. The van der Waals surface area contributed by atoms with Gasteiger partial charge in [0.25, 0.3) is 0 Å². The summed E-state index contributed by atoms with van der Waals surface area (Å²) < 4.78 is 12.6. The van der Waals surface area contributed by atoms with Crippen molar-refractivity contribution >= 4 is 44.9 Å². The quantitative estimate of drug-likeness (QED) is 0.161. The van der Waals surface area contributed by atoms with Crippen LogP contribution < -0.4 is 0 Å². The Balaban J connectivity index is 0.000000104. The van der Waals surface area contributed by atoms with Crippen molar-refractivity contribution in [2.75, 3.05) is 0 Å². The highest BCUT2D eigenvalue weighted by atomic mass is 15.1. The van der Waals surface area contributed by atoms with Gasteiger partial charge in [-0.2, -0.15) is 0 Å². The van der Waals surface area contributed by atoms with Crippen LogP contribution in [0.3, 0.4) is 0 Å². The lowest BCUT2D eigenvalue weighted by atomic mass is 10.1. The maximum absolute atomic E-state index is 4.65. The molecular weight excluding hydrogens is 1180 g/mol. The molecule has 0 saturated heterocycles. The average Bonchev–Trinajstić information content (AvgIpc) is 1.74. The topological polar surface area (TPSA) is 131 Å². The highest BCUT2D eigenvalue weighted by Gasteiger charge is 2.15. The summed E-state index contributed by atoms with van der Waals surface area (Å²) in [5, 5.41) is 0. The van der Waals surface area contributed by atoms with Gasteiger partial charge in [-0.15, -0.1) is 0 Å². The van der Waals surface area contributed by atoms with E-state index in [4.69, 9.17) is 0 Å². The molecule has 0 aliphatic carbocycles. The number of nitrogens with zero attached hydrogens (tertiary/aromatic N) is 14. The van der Waals surface area contributed by atoms with Crippen LogP contribution in [0.5, 0.6) is 0 Å². The molecule has 0 N–H and O–H groups in total. The molecule has 10 aromatic heterocycles. The number of imidazole rings is 6. The fourth-order valence-electron chi connectivity index (χ4n) is 11.9. The summed E-state index contributed by atoms with van der Waals surface area (Å²) in [4.78, 5) is 35.9. The van der Waals surface area contributed by atoms with Gasteiger partial charge in [-0.1, -0.05) is 206 Å². The van der Waals surface area contributed by atoms with E-state index in [1.165, 1.54) is 33.6 Å². The van der Waals surface area contributed by atoms with E-state index in [0.717, 1.165) is 102 Å². The number of benzene rings is 8. The second-order valence-electron chi connectivity index (χ2n) is 22.8. The van der Waals surface area contributed by atoms with Gasteiger partial charge in [0.05, 0.1) is 56.2 Å². The number of hydrogen-bond acceptors (Lipinski definition) is 8. The Morgan fingerprint density at radius 3 is 1.25 bits per heavy atom. The molecule has 0 aliphatic heterocycles. The molecule has 0 saturated carbocycles. The van der Waals surface area contributed by atoms with Crippen LogP contribution in [0.15, 0.2) is 316 Å². The second kappa shape index (κ2) is 28.9. The molecule has 96 heavy (non-hydrogen) atoms. The van der Waals surface area contributed by atoms with Crippen molar-refractivity contribution in [1.82, 2.24) is 66.6 Å². The van der Waals surface area contributed by atoms with Crippen LogP contribution in [0.4, 0.5) is 0 Å². The standard InChI is InChI=1S/4C14H12N2.2C13H11N3/c1-16-13-10-6-5-9-12(13)15-14(16)11-7-3-2-4-8-11;1-11-14(12-7-3-2-4-8-12)15-13-9-5-6-10-16(11)13;1-11-14(12-7-3-2-4-8-12)16-10-6-5-9-13(16)15-11;1-11-15-13-9-5-6-10-14(13)16(11)12-7-3-2-4-8-12;1-10-12(11-6-3-2-4-7-11)15-13-14-8-5-9-16(10)13;1-10-12(11-6-3-2-4-7-11)16-9-5-8-14-13(16)15-10/h4*2-10H,1H3;2*2-9H,1H3. The molecule has 468 valence electrons. The minimum Gasteiger partial charge on any atom is -0.327 e. The van der Waals surface area contributed by atoms with Crippen molar-refractivity contribution < 1.29 is 0 Å². The van der Waals surface area contributed by atoms with Gasteiger partial charge in [-0.25, -0.2) is 39.9 Å². The number of pyridine rings is 2. The number of rotatable bonds is 6. The van der Waals surface area contributed by atoms with Crippen LogP contribution in [-0.2, 0) is 7.05 Å². The third-order valence-electron chi connectivity index (χ3n) is 16.4. The lowest BCUT2D eigenvalue weighted by Gasteiger charge is -2.05. The van der Waals surface area contributed by atoms with Crippen molar-refractivity contribution in [2.45, 2.75) is 34.6 Å². The van der Waals surface area contributed by atoms with E-state index in [1.54, 1.807) is 12.4 Å². The van der Waals surface area contributed by atoms with E-state index in [9.17, 15) is 0 Å². The second-order valence-corrected chi connectivity index (χ2v) is 22.8. The van der Waals surface area contributed by atoms with E-state index in [-0.39, 0.29) is 0 Å². The summed E-state index contributed by atoms with van der Waals surface area (Å²) >= 11 is 0. The molecule has 0 fully saturated rings. The normalized spacial score (nSPS) is 10.8. The first-order chi connectivity index (χ1) is 47.2. The number of fused-ring (bicyclic) bond motifs is 6. The van der Waals surface area contributed by atoms with Gasteiger partial charge in [-0.05, 0) is 107 Å². The largest absolute Gasteiger partial charge is 0.327 e. The average molecular weight is 1250 g/mol. The fraction of sp³-hybridized carbons (Fsp3) is 0.0732. The summed E-state index contributed by atoms with van der Waals surface area (Å²) in [6.07, 6.45) is 11.6. The summed E-state index contributed by atoms with van der Waals surface area (Å²) in [7, 11) is 2.05. The number of aromatic nitrogens is 14. The van der Waals surface area contributed by atoms with E-state index in [0.29, 0.717) is 0 Å². The van der Waals surface area contributed by atoms with Crippen LogP contribution in [0.25, 0.3) is 107 Å². The highest BCUT2D eigenvalue weighted by Crippen LogP contribution is 2.29. The van der Waals surface area contributed by atoms with E-state index in [2.05, 4.69) is 189 Å². The van der Waals surface area contributed by atoms with E-state index < -0.39 is 0 Å². The first-order valence-corrected chi connectivity index (χ1v) is 31.8. The van der Waals surface area contributed by atoms with E-state index >= 15 is 0 Å². The van der Waals surface area contributed by atoms with Gasteiger partial charge in [0, 0.05) is 89.1 Å². The molecule has 14 nitrogen and oxygen atoms in total. The molecule has 8 aromatic carbocycles. The van der Waals surface area contributed by atoms with Crippen LogP contribution >= 0.6 is 0 Å². The Kier molecular flexibility index (Phi) is 18.7. The number of aryl methyl sites for hydroxylation is 6. The molecule has 0 spiro atoms. The zero-order valence-electron chi connectivity index (χ0n) is 54.3.